The van der Waals surface area contributed by atoms with E-state index in [1.165, 1.54) is 16.9 Å². The van der Waals surface area contributed by atoms with E-state index in [0.717, 1.165) is 22.1 Å². The highest BCUT2D eigenvalue weighted by molar-refractivity contribution is 7.16. The maximum absolute atomic E-state index is 9.06. The van der Waals surface area contributed by atoms with E-state index in [0.29, 0.717) is 5.69 Å². The molecule has 1 aromatic carbocycles. The quantitative estimate of drug-likeness (QED) is 0.706. The molecule has 0 bridgehead atoms. The predicted octanol–water partition coefficient (Wildman–Crippen LogP) is 2.56. The molecule has 5 heteroatoms. The van der Waals surface area contributed by atoms with Gasteiger partial charge in [-0.15, -0.1) is 0 Å². The number of hydrogen-bond donors (Lipinski definition) is 0. The first-order valence-electron chi connectivity index (χ1n) is 5.57. The molecule has 88 valence electrons. The summed E-state index contributed by atoms with van der Waals surface area (Å²) < 4.78 is 1.64. The van der Waals surface area contributed by atoms with Gasteiger partial charge in [0, 0.05) is 6.42 Å². The molecule has 0 fully saturated rings. The Hall–Kier alpha value is -2.19. The van der Waals surface area contributed by atoms with Crippen molar-refractivity contribution in [1.82, 2.24) is 14.6 Å². The van der Waals surface area contributed by atoms with E-state index in [-0.39, 0.29) is 0 Å². The monoisotopic (exact) mass is 254 g/mol. The van der Waals surface area contributed by atoms with Crippen molar-refractivity contribution in [3.63, 3.8) is 0 Å². The van der Waals surface area contributed by atoms with Crippen LogP contribution in [-0.2, 0) is 6.42 Å². The fourth-order valence-electron chi connectivity index (χ4n) is 1.86. The van der Waals surface area contributed by atoms with Gasteiger partial charge in [-0.2, -0.15) is 14.9 Å². The lowest BCUT2D eigenvalue weighted by Crippen LogP contribution is -1.93. The lowest BCUT2D eigenvalue weighted by molar-refractivity contribution is 0.905. The number of imidazole rings is 1. The molecule has 0 spiro atoms. The molecule has 0 amide bonds. The van der Waals surface area contributed by atoms with Crippen molar-refractivity contribution in [2.45, 2.75) is 13.3 Å². The smallest absolute Gasteiger partial charge is 0.213 e. The van der Waals surface area contributed by atoms with E-state index in [2.05, 4.69) is 28.3 Å². The molecule has 3 aromatic rings. The zero-order valence-electron chi connectivity index (χ0n) is 9.79. The molecule has 18 heavy (non-hydrogen) atoms. The molecule has 0 N–H and O–H groups in total. The van der Waals surface area contributed by atoms with Crippen LogP contribution in [0, 0.1) is 18.3 Å². The van der Waals surface area contributed by atoms with E-state index in [9.17, 15) is 0 Å². The Morgan fingerprint density at radius 1 is 1.33 bits per heavy atom. The molecule has 0 saturated heterocycles. The number of hydrogen-bond acceptors (Lipinski definition) is 4. The van der Waals surface area contributed by atoms with Crippen molar-refractivity contribution in [1.29, 1.82) is 5.26 Å². The molecule has 2 heterocycles. The van der Waals surface area contributed by atoms with Crippen molar-refractivity contribution < 1.29 is 0 Å². The minimum absolute atomic E-state index is 0.528. The zero-order chi connectivity index (χ0) is 12.5. The normalized spacial score (nSPS) is 10.7. The summed E-state index contributed by atoms with van der Waals surface area (Å²) in [7, 11) is 0. The molecular weight excluding hydrogens is 244 g/mol. The predicted molar refractivity (Wildman–Crippen MR) is 69.6 cm³/mol. The standard InChI is InChI=1S/C13H10N4S/c1-9-11(8-14)17-13(15-9)18-12(16-17)7-10-5-3-2-4-6-10/h2-6H,7H2,1H3. The van der Waals surface area contributed by atoms with E-state index in [1.54, 1.807) is 4.52 Å². The average Bonchev–Trinajstić information content (AvgIpc) is 2.86. The Morgan fingerprint density at radius 2 is 2.11 bits per heavy atom. The van der Waals surface area contributed by atoms with Crippen molar-refractivity contribution >= 4 is 16.3 Å². The molecule has 0 aliphatic heterocycles. The Morgan fingerprint density at radius 3 is 2.83 bits per heavy atom. The molecule has 3 rings (SSSR count). The third kappa shape index (κ3) is 1.77. The third-order valence-corrected chi connectivity index (χ3v) is 3.63. The van der Waals surface area contributed by atoms with Crippen LogP contribution >= 0.6 is 11.3 Å². The van der Waals surface area contributed by atoms with Gasteiger partial charge in [0.05, 0.1) is 5.69 Å². The summed E-state index contributed by atoms with van der Waals surface area (Å²) in [6, 6.07) is 12.3. The molecule has 0 radical (unpaired) electrons. The van der Waals surface area contributed by atoms with Gasteiger partial charge in [0.25, 0.3) is 0 Å². The minimum Gasteiger partial charge on any atom is -0.221 e. The largest absolute Gasteiger partial charge is 0.221 e. The highest BCUT2D eigenvalue weighted by Crippen LogP contribution is 2.20. The van der Waals surface area contributed by atoms with Crippen molar-refractivity contribution in [3.05, 3.63) is 52.3 Å². The summed E-state index contributed by atoms with van der Waals surface area (Å²) in [6.07, 6.45) is 0.777. The second-order valence-electron chi connectivity index (χ2n) is 4.01. The molecular formula is C13H10N4S. The summed E-state index contributed by atoms with van der Waals surface area (Å²) >= 11 is 1.53. The van der Waals surface area contributed by atoms with Gasteiger partial charge in [-0.25, -0.2) is 4.98 Å². The number of aromatic nitrogens is 3. The van der Waals surface area contributed by atoms with E-state index in [4.69, 9.17) is 5.26 Å². The fraction of sp³-hybridized carbons (Fsp3) is 0.154. The Bertz CT molecular complexity index is 734. The first-order valence-corrected chi connectivity index (χ1v) is 6.38. The van der Waals surface area contributed by atoms with Crippen LogP contribution in [0.15, 0.2) is 30.3 Å². The lowest BCUT2D eigenvalue weighted by atomic mass is 10.2. The zero-order valence-corrected chi connectivity index (χ0v) is 10.6. The number of aryl methyl sites for hydroxylation is 1. The van der Waals surface area contributed by atoms with Gasteiger partial charge in [-0.05, 0) is 12.5 Å². The summed E-state index contributed by atoms with van der Waals surface area (Å²) in [6.45, 7) is 1.83. The SMILES string of the molecule is Cc1nc2sc(Cc3ccccc3)nn2c1C#N. The van der Waals surface area contributed by atoms with E-state index >= 15 is 0 Å². The number of benzene rings is 1. The van der Waals surface area contributed by atoms with Gasteiger partial charge in [-0.1, -0.05) is 41.7 Å². The van der Waals surface area contributed by atoms with Crippen LogP contribution in [0.1, 0.15) is 22.0 Å². The fourth-order valence-corrected chi connectivity index (χ4v) is 2.83. The van der Waals surface area contributed by atoms with Gasteiger partial charge in [0.1, 0.15) is 11.1 Å². The third-order valence-electron chi connectivity index (χ3n) is 2.72. The Kier molecular flexibility index (Phi) is 2.58. The molecule has 0 atom stereocenters. The highest BCUT2D eigenvalue weighted by Gasteiger charge is 2.13. The maximum atomic E-state index is 9.06. The van der Waals surface area contributed by atoms with Crippen LogP contribution in [0.25, 0.3) is 4.96 Å². The molecule has 2 aromatic heterocycles. The lowest BCUT2D eigenvalue weighted by Gasteiger charge is -1.95. The van der Waals surface area contributed by atoms with Gasteiger partial charge < -0.3 is 0 Å². The van der Waals surface area contributed by atoms with Crippen LogP contribution in [-0.4, -0.2) is 14.6 Å². The minimum atomic E-state index is 0.528. The van der Waals surface area contributed by atoms with Crippen LogP contribution in [0.3, 0.4) is 0 Å². The van der Waals surface area contributed by atoms with Crippen molar-refractivity contribution in [2.24, 2.45) is 0 Å². The van der Waals surface area contributed by atoms with Gasteiger partial charge in [0.2, 0.25) is 4.96 Å². The number of fused-ring (bicyclic) bond motifs is 1. The van der Waals surface area contributed by atoms with Crippen molar-refractivity contribution in [2.75, 3.05) is 0 Å². The Balaban J connectivity index is 2.00. The van der Waals surface area contributed by atoms with Crippen molar-refractivity contribution in [3.8, 4) is 6.07 Å². The molecule has 0 saturated carbocycles. The highest BCUT2D eigenvalue weighted by atomic mass is 32.1. The van der Waals surface area contributed by atoms with E-state index < -0.39 is 0 Å². The second-order valence-corrected chi connectivity index (χ2v) is 5.05. The van der Waals surface area contributed by atoms with Gasteiger partial charge >= 0.3 is 0 Å². The summed E-state index contributed by atoms with van der Waals surface area (Å²) in [5, 5.41) is 14.5. The summed E-state index contributed by atoms with van der Waals surface area (Å²) in [5.74, 6) is 0. The van der Waals surface area contributed by atoms with Crippen LogP contribution < -0.4 is 0 Å². The summed E-state index contributed by atoms with van der Waals surface area (Å²) in [4.78, 5) is 5.13. The number of nitriles is 1. The molecule has 0 unspecified atom stereocenters. The van der Waals surface area contributed by atoms with Crippen LogP contribution in [0.4, 0.5) is 0 Å². The molecule has 4 nitrogen and oxygen atoms in total. The Labute approximate surface area is 108 Å². The van der Waals surface area contributed by atoms with Gasteiger partial charge in [0.15, 0.2) is 5.69 Å². The molecule has 0 aliphatic rings. The molecule has 0 aliphatic carbocycles. The van der Waals surface area contributed by atoms with Gasteiger partial charge in [-0.3, -0.25) is 0 Å². The van der Waals surface area contributed by atoms with E-state index in [1.807, 2.05) is 25.1 Å². The first kappa shape index (κ1) is 10.9. The summed E-state index contributed by atoms with van der Waals surface area (Å²) in [5.41, 5.74) is 2.48. The van der Waals surface area contributed by atoms with Crippen LogP contribution in [0.5, 0.6) is 0 Å². The maximum Gasteiger partial charge on any atom is 0.213 e. The average molecular weight is 254 g/mol. The number of nitrogens with zero attached hydrogens (tertiary/aromatic N) is 4. The first-order chi connectivity index (χ1) is 8.78. The topological polar surface area (TPSA) is 54.0 Å². The van der Waals surface area contributed by atoms with Crippen LogP contribution in [0.2, 0.25) is 0 Å². The second kappa shape index (κ2) is 4.24. The number of rotatable bonds is 2.